The molecular weight excluding hydrogens is 240 g/mol. The Labute approximate surface area is 114 Å². The highest BCUT2D eigenvalue weighted by atomic mass is 16.5. The number of nitrogens with one attached hydrogen (secondary N) is 2. The van der Waals surface area contributed by atoms with Gasteiger partial charge in [0.1, 0.15) is 6.04 Å². The lowest BCUT2D eigenvalue weighted by atomic mass is 10.00. The molecule has 1 heterocycles. The first-order chi connectivity index (χ1) is 9.16. The van der Waals surface area contributed by atoms with E-state index in [-0.39, 0.29) is 11.9 Å². The molecular formula is C15H22N2O2. The highest BCUT2D eigenvalue weighted by Gasteiger charge is 2.21. The van der Waals surface area contributed by atoms with Gasteiger partial charge in [0.05, 0.1) is 13.2 Å². The third-order valence-electron chi connectivity index (χ3n) is 3.47. The molecule has 1 aliphatic heterocycles. The van der Waals surface area contributed by atoms with Crippen molar-refractivity contribution in [2.45, 2.75) is 25.8 Å². The number of carbonyl (C=O) groups is 1. The largest absolute Gasteiger partial charge is 0.378 e. The maximum absolute atomic E-state index is 11.9. The van der Waals surface area contributed by atoms with Gasteiger partial charge in [-0.1, -0.05) is 36.8 Å². The number of hydrogen-bond donors (Lipinski definition) is 2. The molecule has 0 aliphatic carbocycles. The summed E-state index contributed by atoms with van der Waals surface area (Å²) in [4.78, 5) is 11.9. The van der Waals surface area contributed by atoms with Gasteiger partial charge in [0, 0.05) is 13.1 Å². The van der Waals surface area contributed by atoms with Crippen molar-refractivity contribution >= 4 is 5.91 Å². The van der Waals surface area contributed by atoms with Crippen molar-refractivity contribution in [2.75, 3.05) is 26.3 Å². The molecule has 4 nitrogen and oxygen atoms in total. The maximum Gasteiger partial charge on any atom is 0.239 e. The zero-order valence-corrected chi connectivity index (χ0v) is 11.6. The average Bonchev–Trinajstić information content (AvgIpc) is 2.46. The van der Waals surface area contributed by atoms with Crippen molar-refractivity contribution in [1.82, 2.24) is 10.6 Å². The molecule has 1 saturated heterocycles. The van der Waals surface area contributed by atoms with E-state index < -0.39 is 0 Å². The highest BCUT2D eigenvalue weighted by Crippen LogP contribution is 2.14. The van der Waals surface area contributed by atoms with E-state index in [1.54, 1.807) is 0 Å². The van der Waals surface area contributed by atoms with Crippen LogP contribution in [0.3, 0.4) is 0 Å². The molecule has 2 N–H and O–H groups in total. The molecule has 19 heavy (non-hydrogen) atoms. The predicted molar refractivity (Wildman–Crippen MR) is 75.2 cm³/mol. The Morgan fingerprint density at radius 1 is 1.47 bits per heavy atom. The van der Waals surface area contributed by atoms with Crippen LogP contribution >= 0.6 is 0 Å². The van der Waals surface area contributed by atoms with E-state index in [2.05, 4.69) is 48.7 Å². The molecule has 1 aromatic rings. The molecule has 2 unspecified atom stereocenters. The van der Waals surface area contributed by atoms with Gasteiger partial charge in [-0.05, 0) is 18.4 Å². The minimum absolute atomic E-state index is 0.0265. The monoisotopic (exact) mass is 262 g/mol. The highest BCUT2D eigenvalue weighted by molar-refractivity contribution is 5.82. The van der Waals surface area contributed by atoms with E-state index >= 15 is 0 Å². The molecule has 2 atom stereocenters. The van der Waals surface area contributed by atoms with Gasteiger partial charge in [0.25, 0.3) is 0 Å². The molecule has 1 aromatic carbocycles. The minimum Gasteiger partial charge on any atom is -0.378 e. The molecule has 0 spiro atoms. The smallest absolute Gasteiger partial charge is 0.239 e. The van der Waals surface area contributed by atoms with Crippen LogP contribution in [0.2, 0.25) is 0 Å². The van der Waals surface area contributed by atoms with Crippen molar-refractivity contribution in [3.63, 3.8) is 0 Å². The van der Waals surface area contributed by atoms with Crippen LogP contribution in [0.4, 0.5) is 0 Å². The van der Waals surface area contributed by atoms with Crippen LogP contribution in [0.5, 0.6) is 0 Å². The van der Waals surface area contributed by atoms with E-state index in [1.807, 2.05) is 0 Å². The van der Waals surface area contributed by atoms with Gasteiger partial charge < -0.3 is 15.4 Å². The molecule has 104 valence electrons. The van der Waals surface area contributed by atoms with Crippen molar-refractivity contribution in [2.24, 2.45) is 0 Å². The molecule has 1 fully saturated rings. The van der Waals surface area contributed by atoms with E-state index in [0.29, 0.717) is 25.7 Å². The van der Waals surface area contributed by atoms with Gasteiger partial charge in [-0.3, -0.25) is 4.79 Å². The average molecular weight is 262 g/mol. The lowest BCUT2D eigenvalue weighted by molar-refractivity contribution is -0.125. The van der Waals surface area contributed by atoms with E-state index in [0.717, 1.165) is 6.54 Å². The Balaban J connectivity index is 1.80. The van der Waals surface area contributed by atoms with Crippen LogP contribution in [0.25, 0.3) is 0 Å². The molecule has 0 bridgehead atoms. The molecule has 0 aromatic heterocycles. The number of rotatable bonds is 4. The van der Waals surface area contributed by atoms with Crippen molar-refractivity contribution in [1.29, 1.82) is 0 Å². The summed E-state index contributed by atoms with van der Waals surface area (Å²) in [5, 5.41) is 6.14. The number of ether oxygens (including phenoxy) is 1. The number of hydrogen-bond acceptors (Lipinski definition) is 3. The number of amides is 1. The summed E-state index contributed by atoms with van der Waals surface area (Å²) >= 11 is 0. The Bertz CT molecular complexity index is 411. The molecule has 1 aliphatic rings. The SMILES string of the molecule is Cc1ccc(C(C)CNC(=O)C2COCCN2)cc1. The van der Waals surface area contributed by atoms with Gasteiger partial charge in [0.15, 0.2) is 0 Å². The van der Waals surface area contributed by atoms with Gasteiger partial charge in [0.2, 0.25) is 5.91 Å². The van der Waals surface area contributed by atoms with Crippen molar-refractivity contribution in [3.05, 3.63) is 35.4 Å². The third-order valence-corrected chi connectivity index (χ3v) is 3.47. The number of benzene rings is 1. The van der Waals surface area contributed by atoms with Gasteiger partial charge in [-0.15, -0.1) is 0 Å². The van der Waals surface area contributed by atoms with Gasteiger partial charge in [-0.2, -0.15) is 0 Å². The zero-order chi connectivity index (χ0) is 13.7. The fourth-order valence-corrected chi connectivity index (χ4v) is 2.12. The normalized spacial score (nSPS) is 20.8. The summed E-state index contributed by atoms with van der Waals surface area (Å²) < 4.78 is 5.28. The quantitative estimate of drug-likeness (QED) is 0.857. The van der Waals surface area contributed by atoms with Crippen molar-refractivity contribution in [3.8, 4) is 0 Å². The standard InChI is InChI=1S/C15H22N2O2/c1-11-3-5-13(6-4-11)12(2)9-17-15(18)14-10-19-8-7-16-14/h3-6,12,14,16H,7-10H2,1-2H3,(H,17,18). The third kappa shape index (κ3) is 4.04. The molecule has 4 heteroatoms. The summed E-state index contributed by atoms with van der Waals surface area (Å²) in [6.07, 6.45) is 0. The Morgan fingerprint density at radius 3 is 2.84 bits per heavy atom. The van der Waals surface area contributed by atoms with E-state index in [4.69, 9.17) is 4.74 Å². The molecule has 0 saturated carbocycles. The summed E-state index contributed by atoms with van der Waals surface area (Å²) in [7, 11) is 0. The van der Waals surface area contributed by atoms with Crippen LogP contribution in [0.15, 0.2) is 24.3 Å². The van der Waals surface area contributed by atoms with Crippen molar-refractivity contribution < 1.29 is 9.53 Å². The number of morpholine rings is 1. The maximum atomic E-state index is 11.9. The van der Waals surface area contributed by atoms with Crippen LogP contribution in [0, 0.1) is 6.92 Å². The van der Waals surface area contributed by atoms with Gasteiger partial charge >= 0.3 is 0 Å². The topological polar surface area (TPSA) is 50.4 Å². The predicted octanol–water partition coefficient (Wildman–Crippen LogP) is 1.20. The Morgan fingerprint density at radius 2 is 2.21 bits per heavy atom. The lowest BCUT2D eigenvalue weighted by Gasteiger charge is -2.23. The fraction of sp³-hybridized carbons (Fsp3) is 0.533. The second-order valence-electron chi connectivity index (χ2n) is 5.14. The Kier molecular flexibility index (Phi) is 4.93. The lowest BCUT2D eigenvalue weighted by Crippen LogP contribution is -2.51. The second-order valence-corrected chi connectivity index (χ2v) is 5.14. The number of aryl methyl sites for hydroxylation is 1. The first kappa shape index (κ1) is 14.0. The second kappa shape index (κ2) is 6.68. The van der Waals surface area contributed by atoms with Gasteiger partial charge in [-0.25, -0.2) is 0 Å². The summed E-state index contributed by atoms with van der Waals surface area (Å²) in [5.74, 6) is 0.340. The molecule has 2 rings (SSSR count). The first-order valence-corrected chi connectivity index (χ1v) is 6.82. The van der Waals surface area contributed by atoms with E-state index in [9.17, 15) is 4.79 Å². The zero-order valence-electron chi connectivity index (χ0n) is 11.6. The van der Waals surface area contributed by atoms with E-state index in [1.165, 1.54) is 11.1 Å². The van der Waals surface area contributed by atoms with Crippen LogP contribution in [-0.2, 0) is 9.53 Å². The van der Waals surface area contributed by atoms with Crippen LogP contribution in [0.1, 0.15) is 24.0 Å². The van der Waals surface area contributed by atoms with Crippen LogP contribution < -0.4 is 10.6 Å². The molecule has 0 radical (unpaired) electrons. The minimum atomic E-state index is -0.209. The Hall–Kier alpha value is -1.39. The number of carbonyl (C=O) groups excluding carboxylic acids is 1. The fourth-order valence-electron chi connectivity index (χ4n) is 2.12. The summed E-state index contributed by atoms with van der Waals surface area (Å²) in [6.45, 7) is 6.74. The summed E-state index contributed by atoms with van der Waals surface area (Å²) in [5.41, 5.74) is 2.50. The molecule has 1 amide bonds. The summed E-state index contributed by atoms with van der Waals surface area (Å²) in [6, 6.07) is 8.23. The first-order valence-electron chi connectivity index (χ1n) is 6.82. The van der Waals surface area contributed by atoms with Crippen LogP contribution in [-0.4, -0.2) is 38.3 Å².